The van der Waals surface area contributed by atoms with Crippen LogP contribution in [0.1, 0.15) is 18.1 Å². The molecule has 0 heterocycles. The highest BCUT2D eigenvalue weighted by atomic mass is 16.6. The van der Waals surface area contributed by atoms with E-state index in [0.29, 0.717) is 11.1 Å². The lowest BCUT2D eigenvalue weighted by molar-refractivity contribution is -0.168. The molecule has 19 heavy (non-hydrogen) atoms. The predicted octanol–water partition coefficient (Wildman–Crippen LogP) is 2.48. The van der Waals surface area contributed by atoms with Crippen LogP contribution >= 0.6 is 0 Å². The van der Waals surface area contributed by atoms with Gasteiger partial charge in [0.1, 0.15) is 0 Å². The molecule has 0 spiro atoms. The molecule has 0 aromatic heterocycles. The van der Waals surface area contributed by atoms with Crippen molar-refractivity contribution in [2.75, 3.05) is 0 Å². The molecule has 0 amide bonds. The van der Waals surface area contributed by atoms with E-state index in [1.165, 1.54) is 6.92 Å². The fourth-order valence-electron chi connectivity index (χ4n) is 2.11. The van der Waals surface area contributed by atoms with Crippen LogP contribution in [0.5, 0.6) is 0 Å². The first-order valence-electron chi connectivity index (χ1n) is 6.12. The van der Waals surface area contributed by atoms with Gasteiger partial charge in [0.05, 0.1) is 0 Å². The monoisotopic (exact) mass is 256 g/mol. The molecule has 1 unspecified atom stereocenters. The lowest BCUT2D eigenvalue weighted by Gasteiger charge is -2.30. The van der Waals surface area contributed by atoms with Crippen LogP contribution in [0.4, 0.5) is 0 Å². The van der Waals surface area contributed by atoms with Crippen LogP contribution in [-0.4, -0.2) is 17.7 Å². The number of hydrogen-bond acceptors (Lipinski definition) is 3. The SMILES string of the molecule is CC(O)OC(C=O)(c1ccccc1)c1ccccc1. The third kappa shape index (κ3) is 2.72. The number of ether oxygens (including phenoxy) is 1. The second-order valence-electron chi connectivity index (χ2n) is 4.30. The average molecular weight is 256 g/mol. The highest BCUT2D eigenvalue weighted by molar-refractivity contribution is 5.72. The van der Waals surface area contributed by atoms with Gasteiger partial charge >= 0.3 is 0 Å². The molecule has 0 saturated carbocycles. The number of aliphatic hydroxyl groups excluding tert-OH is 1. The molecule has 0 bridgehead atoms. The van der Waals surface area contributed by atoms with E-state index < -0.39 is 11.9 Å². The molecule has 0 aliphatic heterocycles. The lowest BCUT2D eigenvalue weighted by atomic mass is 9.87. The van der Waals surface area contributed by atoms with Crippen molar-refractivity contribution in [3.63, 3.8) is 0 Å². The van der Waals surface area contributed by atoms with Gasteiger partial charge in [-0.05, 0) is 18.1 Å². The Morgan fingerprint density at radius 1 is 1.00 bits per heavy atom. The predicted molar refractivity (Wildman–Crippen MR) is 72.5 cm³/mol. The minimum atomic E-state index is -1.28. The standard InChI is InChI=1S/C16H16O3/c1-13(18)19-16(12-17,14-8-4-2-5-9-14)15-10-6-3-7-11-15/h2-13,18H,1H3. The van der Waals surface area contributed by atoms with Crippen molar-refractivity contribution in [1.82, 2.24) is 0 Å². The van der Waals surface area contributed by atoms with Gasteiger partial charge in [0.25, 0.3) is 0 Å². The van der Waals surface area contributed by atoms with Crippen molar-refractivity contribution >= 4 is 6.29 Å². The van der Waals surface area contributed by atoms with E-state index in [1.54, 1.807) is 0 Å². The van der Waals surface area contributed by atoms with Gasteiger partial charge in [0.15, 0.2) is 18.2 Å². The topological polar surface area (TPSA) is 46.5 Å². The Hall–Kier alpha value is -1.97. The summed E-state index contributed by atoms with van der Waals surface area (Å²) < 4.78 is 5.55. The summed E-state index contributed by atoms with van der Waals surface area (Å²) in [5.74, 6) is 0. The molecule has 0 saturated heterocycles. The molecule has 2 aromatic carbocycles. The molecule has 2 aromatic rings. The second kappa shape index (κ2) is 5.78. The molecule has 2 rings (SSSR count). The number of carbonyl (C=O) groups excluding carboxylic acids is 1. The fraction of sp³-hybridized carbons (Fsp3) is 0.188. The molecule has 3 nitrogen and oxygen atoms in total. The van der Waals surface area contributed by atoms with E-state index in [0.717, 1.165) is 6.29 Å². The summed E-state index contributed by atoms with van der Waals surface area (Å²) in [6.07, 6.45) is -0.324. The van der Waals surface area contributed by atoms with Gasteiger partial charge in [-0.3, -0.25) is 4.79 Å². The van der Waals surface area contributed by atoms with E-state index in [1.807, 2.05) is 60.7 Å². The number of rotatable bonds is 5. The van der Waals surface area contributed by atoms with Crippen LogP contribution in [0.2, 0.25) is 0 Å². The summed E-state index contributed by atoms with van der Waals surface area (Å²) in [5, 5.41) is 9.56. The van der Waals surface area contributed by atoms with Crippen LogP contribution in [0.3, 0.4) is 0 Å². The van der Waals surface area contributed by atoms with Crippen LogP contribution in [0.15, 0.2) is 60.7 Å². The smallest absolute Gasteiger partial charge is 0.176 e. The zero-order chi connectivity index (χ0) is 13.7. The van der Waals surface area contributed by atoms with Crippen LogP contribution in [-0.2, 0) is 15.1 Å². The first-order chi connectivity index (χ1) is 9.19. The summed E-state index contributed by atoms with van der Waals surface area (Å²) in [6.45, 7) is 1.49. The normalized spacial score (nSPS) is 12.9. The first kappa shape index (κ1) is 13.5. The molecule has 0 aliphatic carbocycles. The van der Waals surface area contributed by atoms with E-state index >= 15 is 0 Å². The van der Waals surface area contributed by atoms with Gasteiger partial charge in [-0.1, -0.05) is 60.7 Å². The molecular weight excluding hydrogens is 240 g/mol. The van der Waals surface area contributed by atoms with Gasteiger partial charge in [-0.25, -0.2) is 0 Å². The van der Waals surface area contributed by atoms with Gasteiger partial charge < -0.3 is 9.84 Å². The highest BCUT2D eigenvalue weighted by Gasteiger charge is 2.36. The minimum Gasteiger partial charge on any atom is -0.368 e. The third-order valence-electron chi connectivity index (χ3n) is 2.93. The van der Waals surface area contributed by atoms with Crippen molar-refractivity contribution in [3.8, 4) is 0 Å². The molecule has 1 N–H and O–H groups in total. The maximum atomic E-state index is 11.7. The Kier molecular flexibility index (Phi) is 4.10. The number of aliphatic hydroxyl groups is 1. The Bertz CT molecular complexity index is 481. The van der Waals surface area contributed by atoms with Crippen molar-refractivity contribution in [2.24, 2.45) is 0 Å². The quantitative estimate of drug-likeness (QED) is 0.660. The molecule has 0 fully saturated rings. The summed E-state index contributed by atoms with van der Waals surface area (Å²) >= 11 is 0. The summed E-state index contributed by atoms with van der Waals surface area (Å²) in [4.78, 5) is 11.7. The number of aldehydes is 1. The van der Waals surface area contributed by atoms with Crippen LogP contribution in [0.25, 0.3) is 0 Å². The Morgan fingerprint density at radius 3 is 1.74 bits per heavy atom. The lowest BCUT2D eigenvalue weighted by Crippen LogP contribution is -2.36. The maximum absolute atomic E-state index is 11.7. The minimum absolute atomic E-state index is 0.692. The van der Waals surface area contributed by atoms with E-state index in [9.17, 15) is 9.90 Å². The molecule has 0 aliphatic rings. The summed E-state index contributed by atoms with van der Waals surface area (Å²) in [7, 11) is 0. The van der Waals surface area contributed by atoms with Gasteiger partial charge in [0.2, 0.25) is 0 Å². The number of carbonyl (C=O) groups is 1. The molecule has 0 radical (unpaired) electrons. The molecule has 98 valence electrons. The Balaban J connectivity index is 2.58. The first-order valence-corrected chi connectivity index (χ1v) is 6.12. The van der Waals surface area contributed by atoms with Crippen molar-refractivity contribution in [1.29, 1.82) is 0 Å². The molecule has 1 atom stereocenters. The average Bonchev–Trinajstić information content (AvgIpc) is 2.46. The number of hydrogen-bond donors (Lipinski definition) is 1. The third-order valence-corrected chi connectivity index (χ3v) is 2.93. The van der Waals surface area contributed by atoms with E-state index in [4.69, 9.17) is 4.74 Å². The largest absolute Gasteiger partial charge is 0.368 e. The Labute approximate surface area is 112 Å². The Morgan fingerprint density at radius 2 is 1.42 bits per heavy atom. The van der Waals surface area contributed by atoms with Gasteiger partial charge in [-0.15, -0.1) is 0 Å². The molecule has 3 heteroatoms. The second-order valence-corrected chi connectivity index (χ2v) is 4.30. The zero-order valence-corrected chi connectivity index (χ0v) is 10.7. The van der Waals surface area contributed by atoms with E-state index in [2.05, 4.69) is 0 Å². The van der Waals surface area contributed by atoms with Crippen LogP contribution in [0, 0.1) is 0 Å². The maximum Gasteiger partial charge on any atom is 0.176 e. The van der Waals surface area contributed by atoms with Crippen molar-refractivity contribution < 1.29 is 14.6 Å². The summed E-state index contributed by atoms with van der Waals surface area (Å²) in [5.41, 5.74) is 0.102. The highest BCUT2D eigenvalue weighted by Crippen LogP contribution is 2.32. The van der Waals surface area contributed by atoms with Crippen molar-refractivity contribution in [3.05, 3.63) is 71.8 Å². The van der Waals surface area contributed by atoms with E-state index in [-0.39, 0.29) is 0 Å². The van der Waals surface area contributed by atoms with Crippen LogP contribution < -0.4 is 0 Å². The zero-order valence-electron chi connectivity index (χ0n) is 10.7. The molecular formula is C16H16O3. The summed E-state index contributed by atoms with van der Waals surface area (Å²) in [6, 6.07) is 18.3. The van der Waals surface area contributed by atoms with Gasteiger partial charge in [-0.2, -0.15) is 0 Å². The van der Waals surface area contributed by atoms with Gasteiger partial charge in [0, 0.05) is 0 Å². The van der Waals surface area contributed by atoms with Crippen molar-refractivity contribution in [2.45, 2.75) is 18.8 Å². The number of benzene rings is 2. The fourth-order valence-corrected chi connectivity index (χ4v) is 2.11.